The van der Waals surface area contributed by atoms with E-state index in [1.54, 1.807) is 30.3 Å². The van der Waals surface area contributed by atoms with Gasteiger partial charge in [-0.15, -0.1) is 6.58 Å². The smallest absolute Gasteiger partial charge is 0.339 e. The molecule has 3 aromatic rings. The number of aryl methyl sites for hydroxylation is 1. The number of allylic oxidation sites excluding steroid dienone is 1. The van der Waals surface area contributed by atoms with Crippen LogP contribution in [0.1, 0.15) is 21.7 Å². The van der Waals surface area contributed by atoms with Gasteiger partial charge in [-0.25, -0.2) is 4.98 Å². The lowest BCUT2D eigenvalue weighted by Crippen LogP contribution is -2.23. The van der Waals surface area contributed by atoms with E-state index < -0.39 is 12.7 Å². The third-order valence-corrected chi connectivity index (χ3v) is 5.66. The van der Waals surface area contributed by atoms with E-state index in [0.29, 0.717) is 21.8 Å². The molecular weight excluding hydrogens is 415 g/mol. The molecule has 0 bridgehead atoms. The number of halogens is 3. The Bertz CT molecular complexity index is 1180. The van der Waals surface area contributed by atoms with Crippen molar-refractivity contribution < 1.29 is 18.0 Å². The first-order chi connectivity index (χ1) is 14.1. The van der Waals surface area contributed by atoms with Crippen LogP contribution < -0.4 is 5.56 Å². The van der Waals surface area contributed by atoms with Crippen molar-refractivity contribution in [3.63, 3.8) is 0 Å². The highest BCUT2D eigenvalue weighted by molar-refractivity contribution is 7.99. The van der Waals surface area contributed by atoms with Crippen LogP contribution in [0.4, 0.5) is 13.2 Å². The van der Waals surface area contributed by atoms with Crippen molar-refractivity contribution in [3.05, 3.63) is 70.3 Å². The van der Waals surface area contributed by atoms with Crippen LogP contribution in [0.5, 0.6) is 0 Å². The lowest BCUT2D eigenvalue weighted by atomic mass is 10.2. The largest absolute Gasteiger partial charge is 0.406 e. The summed E-state index contributed by atoms with van der Waals surface area (Å²) >= 11 is 1.08. The van der Waals surface area contributed by atoms with Crippen molar-refractivity contribution in [3.8, 4) is 0 Å². The Balaban J connectivity index is 1.89. The van der Waals surface area contributed by atoms with Crippen molar-refractivity contribution in [2.45, 2.75) is 38.3 Å². The Kier molecular flexibility index (Phi) is 6.21. The molecule has 30 heavy (non-hydrogen) atoms. The Labute approximate surface area is 175 Å². The number of carbonyl (C=O) groups excluding carboxylic acids is 1. The zero-order valence-corrected chi connectivity index (χ0v) is 17.3. The van der Waals surface area contributed by atoms with Gasteiger partial charge in [0.2, 0.25) is 0 Å². The molecule has 0 fully saturated rings. The van der Waals surface area contributed by atoms with Gasteiger partial charge in [0, 0.05) is 23.5 Å². The van der Waals surface area contributed by atoms with Gasteiger partial charge in [-0.3, -0.25) is 14.2 Å². The number of para-hydroxylation sites is 1. The fraction of sp³-hybridized carbons (Fsp3) is 0.286. The number of thioether (sulfide) groups is 1. The van der Waals surface area contributed by atoms with Crippen LogP contribution in [-0.2, 0) is 13.1 Å². The van der Waals surface area contributed by atoms with E-state index in [0.717, 1.165) is 16.3 Å². The second-order valence-electron chi connectivity index (χ2n) is 6.81. The third kappa shape index (κ3) is 4.51. The van der Waals surface area contributed by atoms with Crippen molar-refractivity contribution in [2.24, 2.45) is 0 Å². The maximum atomic E-state index is 12.8. The Hall–Kier alpha value is -2.81. The zero-order valence-electron chi connectivity index (χ0n) is 16.5. The molecule has 0 saturated carbocycles. The first-order valence-corrected chi connectivity index (χ1v) is 10.1. The third-order valence-electron chi connectivity index (χ3n) is 4.68. The van der Waals surface area contributed by atoms with Crippen LogP contribution in [0.15, 0.2) is 52.9 Å². The predicted molar refractivity (Wildman–Crippen MR) is 111 cm³/mol. The molecule has 2 aromatic heterocycles. The van der Waals surface area contributed by atoms with Gasteiger partial charge in [-0.05, 0) is 32.0 Å². The fourth-order valence-electron chi connectivity index (χ4n) is 3.26. The van der Waals surface area contributed by atoms with E-state index in [4.69, 9.17) is 0 Å². The molecular formula is C21H20F3N3O2S. The summed E-state index contributed by atoms with van der Waals surface area (Å²) in [5.74, 6) is -0.382. The van der Waals surface area contributed by atoms with E-state index in [1.807, 2.05) is 0 Å². The molecule has 5 nitrogen and oxygen atoms in total. The SMILES string of the molecule is C=CCn1c(SCC(=O)c2cc(C)n(CC(F)(F)F)c2C)nc2ccccc2c1=O. The van der Waals surface area contributed by atoms with Crippen LogP contribution in [0.3, 0.4) is 0 Å². The number of hydrogen-bond donors (Lipinski definition) is 0. The molecule has 0 radical (unpaired) electrons. The summed E-state index contributed by atoms with van der Waals surface area (Å²) in [6.45, 7) is 5.78. The van der Waals surface area contributed by atoms with E-state index in [-0.39, 0.29) is 34.9 Å². The molecule has 0 aliphatic heterocycles. The number of Topliss-reactive ketones (excluding diaryl/α,β-unsaturated/α-hetero) is 1. The van der Waals surface area contributed by atoms with Gasteiger partial charge in [0.1, 0.15) is 6.54 Å². The zero-order chi connectivity index (χ0) is 22.1. The number of ketones is 1. The van der Waals surface area contributed by atoms with Crippen LogP contribution in [-0.4, -0.2) is 31.8 Å². The maximum Gasteiger partial charge on any atom is 0.406 e. The highest BCUT2D eigenvalue weighted by Gasteiger charge is 2.30. The van der Waals surface area contributed by atoms with Gasteiger partial charge in [0.05, 0.1) is 16.7 Å². The predicted octanol–water partition coefficient (Wildman–Crippen LogP) is 4.54. The molecule has 0 atom stereocenters. The summed E-state index contributed by atoms with van der Waals surface area (Å²) in [4.78, 5) is 30.0. The van der Waals surface area contributed by atoms with Gasteiger partial charge >= 0.3 is 6.18 Å². The summed E-state index contributed by atoms with van der Waals surface area (Å²) < 4.78 is 40.9. The summed E-state index contributed by atoms with van der Waals surface area (Å²) in [6.07, 6.45) is -2.81. The highest BCUT2D eigenvalue weighted by Crippen LogP contribution is 2.25. The normalized spacial score (nSPS) is 11.8. The molecule has 0 amide bonds. The van der Waals surface area contributed by atoms with E-state index in [1.165, 1.54) is 24.5 Å². The number of rotatable bonds is 7. The summed E-state index contributed by atoms with van der Waals surface area (Å²) in [7, 11) is 0. The molecule has 0 N–H and O–H groups in total. The molecule has 9 heteroatoms. The van der Waals surface area contributed by atoms with Crippen LogP contribution in [0, 0.1) is 13.8 Å². The Morgan fingerprint density at radius 2 is 1.93 bits per heavy atom. The fourth-order valence-corrected chi connectivity index (χ4v) is 4.15. The number of aromatic nitrogens is 3. The molecule has 0 aliphatic rings. The second kappa shape index (κ2) is 8.51. The topological polar surface area (TPSA) is 56.9 Å². The van der Waals surface area contributed by atoms with Gasteiger partial charge in [0.15, 0.2) is 10.9 Å². The number of hydrogen-bond acceptors (Lipinski definition) is 4. The Morgan fingerprint density at radius 1 is 1.23 bits per heavy atom. The number of benzene rings is 1. The van der Waals surface area contributed by atoms with Crippen molar-refractivity contribution >= 4 is 28.4 Å². The minimum Gasteiger partial charge on any atom is -0.339 e. The molecule has 0 aliphatic carbocycles. The maximum absolute atomic E-state index is 12.8. The first-order valence-electron chi connectivity index (χ1n) is 9.12. The quantitative estimate of drug-likeness (QED) is 0.237. The number of fused-ring (bicyclic) bond motifs is 1. The van der Waals surface area contributed by atoms with Gasteiger partial charge in [-0.2, -0.15) is 13.2 Å². The van der Waals surface area contributed by atoms with Crippen LogP contribution in [0.25, 0.3) is 10.9 Å². The summed E-state index contributed by atoms with van der Waals surface area (Å²) in [5.41, 5.74) is 1.15. The number of alkyl halides is 3. The van der Waals surface area contributed by atoms with E-state index >= 15 is 0 Å². The molecule has 0 spiro atoms. The van der Waals surface area contributed by atoms with E-state index in [2.05, 4.69) is 11.6 Å². The molecule has 2 heterocycles. The Morgan fingerprint density at radius 3 is 2.60 bits per heavy atom. The van der Waals surface area contributed by atoms with Gasteiger partial charge in [-0.1, -0.05) is 30.0 Å². The minimum atomic E-state index is -4.38. The van der Waals surface area contributed by atoms with Crippen molar-refractivity contribution in [1.29, 1.82) is 0 Å². The minimum absolute atomic E-state index is 0.0573. The van der Waals surface area contributed by atoms with Gasteiger partial charge in [0.25, 0.3) is 5.56 Å². The molecule has 158 valence electrons. The lowest BCUT2D eigenvalue weighted by Gasteiger charge is -2.13. The summed E-state index contributed by atoms with van der Waals surface area (Å²) in [5, 5.41) is 0.821. The van der Waals surface area contributed by atoms with Gasteiger partial charge < -0.3 is 4.57 Å². The highest BCUT2D eigenvalue weighted by atomic mass is 32.2. The van der Waals surface area contributed by atoms with Crippen LogP contribution in [0.2, 0.25) is 0 Å². The number of carbonyl (C=O) groups is 1. The van der Waals surface area contributed by atoms with Crippen molar-refractivity contribution in [2.75, 3.05) is 5.75 Å². The number of nitrogens with zero attached hydrogens (tertiary/aromatic N) is 3. The lowest BCUT2D eigenvalue weighted by molar-refractivity contribution is -0.141. The average Bonchev–Trinajstić information content (AvgIpc) is 2.95. The van der Waals surface area contributed by atoms with Crippen LogP contribution >= 0.6 is 11.8 Å². The van der Waals surface area contributed by atoms with E-state index in [9.17, 15) is 22.8 Å². The van der Waals surface area contributed by atoms with Crippen molar-refractivity contribution in [1.82, 2.24) is 14.1 Å². The molecule has 1 aromatic carbocycles. The molecule has 0 saturated heterocycles. The summed E-state index contributed by atoms with van der Waals surface area (Å²) in [6, 6.07) is 8.37. The first kappa shape index (κ1) is 21.9. The standard InChI is InChI=1S/C21H20F3N3O2S/c1-4-9-26-19(29)15-7-5-6-8-17(15)25-20(26)30-11-18(28)16-10-13(2)27(14(16)3)12-21(22,23)24/h4-8,10H,1,9,11-12H2,2-3H3. The molecule has 3 rings (SSSR count). The average molecular weight is 435 g/mol. The monoisotopic (exact) mass is 435 g/mol. The second-order valence-corrected chi connectivity index (χ2v) is 7.76. The molecule has 0 unspecified atom stereocenters.